The molecule has 3 nitrogen and oxygen atoms in total. The van der Waals surface area contributed by atoms with Gasteiger partial charge < -0.3 is 10.5 Å². The Morgan fingerprint density at radius 3 is 2.77 bits per heavy atom. The van der Waals surface area contributed by atoms with Crippen molar-refractivity contribution < 1.29 is 4.74 Å². The number of rotatable bonds is 5. The molecule has 0 aliphatic carbocycles. The minimum atomic E-state index is 0.767. The molecule has 1 saturated heterocycles. The summed E-state index contributed by atoms with van der Waals surface area (Å²) in [5.74, 6) is 1.72. The Morgan fingerprint density at radius 2 is 2.00 bits per heavy atom. The highest BCUT2D eigenvalue weighted by molar-refractivity contribution is 5.91. The number of hydrogen-bond donors (Lipinski definition) is 1. The van der Waals surface area contributed by atoms with Gasteiger partial charge in [-0.15, -0.1) is 0 Å². The number of piperidine rings is 1. The molecule has 2 aromatic carbocycles. The number of likely N-dealkylation sites (tertiary alicyclic amines) is 1. The van der Waals surface area contributed by atoms with Gasteiger partial charge in [0.05, 0.1) is 7.11 Å². The molecule has 1 heterocycles. The molecule has 0 radical (unpaired) electrons. The molecule has 22 heavy (non-hydrogen) atoms. The Labute approximate surface area is 133 Å². The van der Waals surface area contributed by atoms with E-state index in [1.807, 2.05) is 0 Å². The average Bonchev–Trinajstić information content (AvgIpc) is 2.56. The molecule has 0 aromatic heterocycles. The zero-order chi connectivity index (χ0) is 15.4. The first-order valence-corrected chi connectivity index (χ1v) is 8.29. The van der Waals surface area contributed by atoms with Gasteiger partial charge in [-0.1, -0.05) is 30.3 Å². The summed E-state index contributed by atoms with van der Waals surface area (Å²) in [6, 6.07) is 12.8. The fourth-order valence-corrected chi connectivity index (χ4v) is 3.66. The third-order valence-corrected chi connectivity index (χ3v) is 4.77. The lowest BCUT2D eigenvalue weighted by Crippen LogP contribution is -2.35. The van der Waals surface area contributed by atoms with Crippen molar-refractivity contribution in [1.82, 2.24) is 4.90 Å². The van der Waals surface area contributed by atoms with Gasteiger partial charge >= 0.3 is 0 Å². The normalized spacial score (nSPS) is 19.5. The van der Waals surface area contributed by atoms with Gasteiger partial charge in [-0.05, 0) is 55.3 Å². The van der Waals surface area contributed by atoms with Crippen molar-refractivity contribution in [2.75, 3.05) is 26.7 Å². The molecule has 0 bridgehead atoms. The van der Waals surface area contributed by atoms with Crippen LogP contribution in [0.2, 0.25) is 0 Å². The quantitative estimate of drug-likeness (QED) is 0.919. The average molecular weight is 298 g/mol. The Bertz CT molecular complexity index is 624. The van der Waals surface area contributed by atoms with Crippen LogP contribution in [-0.4, -0.2) is 31.6 Å². The van der Waals surface area contributed by atoms with Gasteiger partial charge in [0.15, 0.2) is 0 Å². The lowest BCUT2D eigenvalue weighted by molar-refractivity contribution is 0.163. The van der Waals surface area contributed by atoms with E-state index in [1.54, 1.807) is 7.11 Å². The summed E-state index contributed by atoms with van der Waals surface area (Å²) in [4.78, 5) is 2.58. The summed E-state index contributed by atoms with van der Waals surface area (Å²) in [5.41, 5.74) is 7.12. The van der Waals surface area contributed by atoms with Crippen LogP contribution in [0, 0.1) is 5.92 Å². The van der Waals surface area contributed by atoms with Gasteiger partial charge in [-0.25, -0.2) is 0 Å². The molecule has 2 aromatic rings. The van der Waals surface area contributed by atoms with Gasteiger partial charge in [0, 0.05) is 18.5 Å². The number of hydrogen-bond acceptors (Lipinski definition) is 3. The van der Waals surface area contributed by atoms with E-state index in [0.717, 1.165) is 31.2 Å². The van der Waals surface area contributed by atoms with Gasteiger partial charge in [-0.3, -0.25) is 4.90 Å². The second-order valence-corrected chi connectivity index (χ2v) is 6.29. The van der Waals surface area contributed by atoms with Crippen molar-refractivity contribution in [2.24, 2.45) is 11.7 Å². The van der Waals surface area contributed by atoms with Gasteiger partial charge in [0.25, 0.3) is 0 Å². The molecule has 1 aliphatic heterocycles. The van der Waals surface area contributed by atoms with Crippen LogP contribution in [0.5, 0.6) is 5.75 Å². The SMILES string of the molecule is COc1ccc(CN2CCCC(CCN)C2)c2ccccc12. The molecule has 0 spiro atoms. The minimum absolute atomic E-state index is 0.767. The van der Waals surface area contributed by atoms with Crippen molar-refractivity contribution in [1.29, 1.82) is 0 Å². The summed E-state index contributed by atoms with van der Waals surface area (Å²) in [6.45, 7) is 4.20. The third-order valence-electron chi connectivity index (χ3n) is 4.77. The first kappa shape index (κ1) is 15.3. The maximum Gasteiger partial charge on any atom is 0.126 e. The van der Waals surface area contributed by atoms with Crippen molar-refractivity contribution in [3.8, 4) is 5.75 Å². The van der Waals surface area contributed by atoms with Crippen molar-refractivity contribution in [2.45, 2.75) is 25.8 Å². The summed E-state index contributed by atoms with van der Waals surface area (Å²) in [5, 5.41) is 2.51. The highest BCUT2D eigenvalue weighted by atomic mass is 16.5. The summed E-state index contributed by atoms with van der Waals surface area (Å²) < 4.78 is 5.49. The molecular formula is C19H26N2O. The molecular weight excluding hydrogens is 272 g/mol. The molecule has 2 N–H and O–H groups in total. The van der Waals surface area contributed by atoms with E-state index in [1.165, 1.54) is 42.3 Å². The molecule has 1 unspecified atom stereocenters. The van der Waals surface area contributed by atoms with Crippen LogP contribution in [0.25, 0.3) is 10.8 Å². The molecule has 3 heteroatoms. The zero-order valence-electron chi connectivity index (χ0n) is 13.4. The third kappa shape index (κ3) is 3.26. The maximum atomic E-state index is 5.73. The molecule has 1 atom stereocenters. The van der Waals surface area contributed by atoms with E-state index in [9.17, 15) is 0 Å². The largest absolute Gasteiger partial charge is 0.496 e. The van der Waals surface area contributed by atoms with E-state index >= 15 is 0 Å². The van der Waals surface area contributed by atoms with E-state index in [-0.39, 0.29) is 0 Å². The Morgan fingerprint density at radius 1 is 1.18 bits per heavy atom. The molecule has 3 rings (SSSR count). The Hall–Kier alpha value is -1.58. The topological polar surface area (TPSA) is 38.5 Å². The highest BCUT2D eigenvalue weighted by Gasteiger charge is 2.20. The predicted octanol–water partition coefficient (Wildman–Crippen LogP) is 3.41. The molecule has 1 aliphatic rings. The van der Waals surface area contributed by atoms with Crippen LogP contribution in [-0.2, 0) is 6.54 Å². The van der Waals surface area contributed by atoms with Gasteiger partial charge in [-0.2, -0.15) is 0 Å². The van der Waals surface area contributed by atoms with E-state index in [0.29, 0.717) is 0 Å². The van der Waals surface area contributed by atoms with Crippen molar-refractivity contribution in [3.05, 3.63) is 42.0 Å². The van der Waals surface area contributed by atoms with Crippen LogP contribution in [0.3, 0.4) is 0 Å². The zero-order valence-corrected chi connectivity index (χ0v) is 13.4. The monoisotopic (exact) mass is 298 g/mol. The first-order valence-electron chi connectivity index (χ1n) is 8.29. The van der Waals surface area contributed by atoms with Crippen molar-refractivity contribution in [3.63, 3.8) is 0 Å². The Balaban J connectivity index is 1.82. The van der Waals surface area contributed by atoms with Crippen LogP contribution in [0.1, 0.15) is 24.8 Å². The summed E-state index contributed by atoms with van der Waals surface area (Å²) in [6.07, 6.45) is 3.77. The lowest BCUT2D eigenvalue weighted by atomic mass is 9.94. The number of benzene rings is 2. The molecule has 0 amide bonds. The number of methoxy groups -OCH3 is 1. The second kappa shape index (κ2) is 7.12. The number of nitrogens with two attached hydrogens (primary N) is 1. The van der Waals surface area contributed by atoms with Crippen LogP contribution in [0.15, 0.2) is 36.4 Å². The lowest BCUT2D eigenvalue weighted by Gasteiger charge is -2.33. The molecule has 118 valence electrons. The fourth-order valence-electron chi connectivity index (χ4n) is 3.66. The van der Waals surface area contributed by atoms with E-state index in [2.05, 4.69) is 41.3 Å². The smallest absolute Gasteiger partial charge is 0.126 e. The fraction of sp³-hybridized carbons (Fsp3) is 0.474. The van der Waals surface area contributed by atoms with E-state index in [4.69, 9.17) is 10.5 Å². The number of fused-ring (bicyclic) bond motifs is 1. The Kier molecular flexibility index (Phi) is 4.96. The number of ether oxygens (including phenoxy) is 1. The van der Waals surface area contributed by atoms with Crippen LogP contribution < -0.4 is 10.5 Å². The highest BCUT2D eigenvalue weighted by Crippen LogP contribution is 2.30. The summed E-state index contributed by atoms with van der Waals surface area (Å²) >= 11 is 0. The maximum absolute atomic E-state index is 5.73. The van der Waals surface area contributed by atoms with Crippen LogP contribution >= 0.6 is 0 Å². The minimum Gasteiger partial charge on any atom is -0.496 e. The summed E-state index contributed by atoms with van der Waals surface area (Å²) in [7, 11) is 1.74. The number of nitrogens with zero attached hydrogens (tertiary/aromatic N) is 1. The second-order valence-electron chi connectivity index (χ2n) is 6.29. The van der Waals surface area contributed by atoms with Gasteiger partial charge in [0.1, 0.15) is 5.75 Å². The molecule has 0 saturated carbocycles. The van der Waals surface area contributed by atoms with Crippen LogP contribution in [0.4, 0.5) is 0 Å². The standard InChI is InChI=1S/C19H26N2O/c1-22-19-9-8-16(17-6-2-3-7-18(17)19)14-21-12-4-5-15(13-21)10-11-20/h2-3,6-9,15H,4-5,10-14,20H2,1H3. The first-order chi connectivity index (χ1) is 10.8. The van der Waals surface area contributed by atoms with Gasteiger partial charge in [0.2, 0.25) is 0 Å². The van der Waals surface area contributed by atoms with Crippen molar-refractivity contribution >= 4 is 10.8 Å². The molecule has 1 fully saturated rings. The van der Waals surface area contributed by atoms with E-state index < -0.39 is 0 Å². The predicted molar refractivity (Wildman–Crippen MR) is 92.2 cm³/mol.